The van der Waals surface area contributed by atoms with Crippen LogP contribution in [0.25, 0.3) is 0 Å². The number of benzene rings is 1. The van der Waals surface area contributed by atoms with Gasteiger partial charge in [0.2, 0.25) is 12.3 Å². The first-order valence-corrected chi connectivity index (χ1v) is 6.83. The highest BCUT2D eigenvalue weighted by atomic mass is 16.7. The molecule has 1 aromatic carbocycles. The van der Waals surface area contributed by atoms with Gasteiger partial charge in [-0.15, -0.1) is 0 Å². The van der Waals surface area contributed by atoms with E-state index in [9.17, 15) is 19.7 Å². The molecule has 0 saturated heterocycles. The SMILES string of the molecule is O=C(CO/N=C(\C(=O)O)c1ccco1)OCc1ccc([N+](=O)[O-])cc1. The molecule has 10 heteroatoms. The van der Waals surface area contributed by atoms with E-state index in [2.05, 4.69) is 9.99 Å². The standard InChI is InChI=1S/C15H12N2O8/c18-13(24-8-10-3-5-11(6-4-10)17(21)22)9-25-16-14(15(19)20)12-2-1-7-23-12/h1-7H,8-9H2,(H,19,20)/b16-14-. The highest BCUT2D eigenvalue weighted by Crippen LogP contribution is 2.12. The number of aliphatic carboxylic acids is 1. The van der Waals surface area contributed by atoms with Crippen LogP contribution < -0.4 is 0 Å². The number of carboxylic acid groups (broad SMARTS) is 1. The highest BCUT2D eigenvalue weighted by molar-refractivity contribution is 6.41. The number of nitro groups is 1. The maximum atomic E-state index is 11.5. The number of carboxylic acids is 1. The molecule has 0 aliphatic rings. The number of oxime groups is 1. The number of carbonyl (C=O) groups excluding carboxylic acids is 1. The third kappa shape index (κ3) is 5.16. The molecule has 1 aromatic heterocycles. The molecule has 0 saturated carbocycles. The van der Waals surface area contributed by atoms with E-state index in [-0.39, 0.29) is 18.1 Å². The number of hydrogen-bond acceptors (Lipinski definition) is 8. The summed E-state index contributed by atoms with van der Waals surface area (Å²) in [5.41, 5.74) is -0.0238. The number of esters is 1. The zero-order chi connectivity index (χ0) is 18.2. The molecule has 0 unspecified atom stereocenters. The van der Waals surface area contributed by atoms with Crippen molar-refractivity contribution in [2.24, 2.45) is 5.16 Å². The Morgan fingerprint density at radius 3 is 2.52 bits per heavy atom. The van der Waals surface area contributed by atoms with Crippen molar-refractivity contribution in [3.63, 3.8) is 0 Å². The molecule has 1 heterocycles. The lowest BCUT2D eigenvalue weighted by atomic mass is 10.2. The molecule has 0 radical (unpaired) electrons. The molecule has 0 spiro atoms. The Balaban J connectivity index is 1.83. The number of nitrogens with zero attached hydrogens (tertiary/aromatic N) is 2. The first-order valence-electron chi connectivity index (χ1n) is 6.83. The van der Waals surface area contributed by atoms with E-state index in [0.29, 0.717) is 5.56 Å². The van der Waals surface area contributed by atoms with Crippen LogP contribution in [0.2, 0.25) is 0 Å². The van der Waals surface area contributed by atoms with Gasteiger partial charge >= 0.3 is 11.9 Å². The van der Waals surface area contributed by atoms with Crippen molar-refractivity contribution in [2.45, 2.75) is 6.61 Å². The lowest BCUT2D eigenvalue weighted by molar-refractivity contribution is -0.384. The number of carbonyl (C=O) groups is 2. The van der Waals surface area contributed by atoms with Gasteiger partial charge in [0.1, 0.15) is 6.61 Å². The summed E-state index contributed by atoms with van der Waals surface area (Å²) in [5.74, 6) is -2.19. The first kappa shape index (κ1) is 17.7. The van der Waals surface area contributed by atoms with E-state index in [1.54, 1.807) is 0 Å². The molecule has 1 N–H and O–H groups in total. The summed E-state index contributed by atoms with van der Waals surface area (Å²) in [6.45, 7) is -0.724. The topological polar surface area (TPSA) is 141 Å². The van der Waals surface area contributed by atoms with Crippen LogP contribution in [0.4, 0.5) is 5.69 Å². The Hall–Kier alpha value is -3.69. The molecule has 0 aliphatic carbocycles. The molecule has 130 valence electrons. The minimum Gasteiger partial charge on any atom is -0.476 e. The smallest absolute Gasteiger partial charge is 0.361 e. The summed E-state index contributed by atoms with van der Waals surface area (Å²) in [7, 11) is 0. The van der Waals surface area contributed by atoms with Gasteiger partial charge in [0, 0.05) is 12.1 Å². The van der Waals surface area contributed by atoms with Crippen LogP contribution in [0, 0.1) is 10.1 Å². The third-order valence-electron chi connectivity index (χ3n) is 2.84. The van der Waals surface area contributed by atoms with E-state index >= 15 is 0 Å². The molecule has 10 nitrogen and oxygen atoms in total. The molecule has 0 atom stereocenters. The van der Waals surface area contributed by atoms with Crippen LogP contribution >= 0.6 is 0 Å². The zero-order valence-electron chi connectivity index (χ0n) is 12.7. The van der Waals surface area contributed by atoms with Gasteiger partial charge in [-0.25, -0.2) is 9.59 Å². The van der Waals surface area contributed by atoms with Gasteiger partial charge in [0.05, 0.1) is 11.2 Å². The molecule has 2 rings (SSSR count). The van der Waals surface area contributed by atoms with Gasteiger partial charge in [-0.05, 0) is 29.8 Å². The van der Waals surface area contributed by atoms with Gasteiger partial charge in [-0.1, -0.05) is 5.16 Å². The van der Waals surface area contributed by atoms with Crippen molar-refractivity contribution in [2.75, 3.05) is 6.61 Å². The van der Waals surface area contributed by atoms with Gasteiger partial charge in [0.15, 0.2) is 5.76 Å². The number of ether oxygens (including phenoxy) is 1. The van der Waals surface area contributed by atoms with E-state index in [0.717, 1.165) is 0 Å². The molecule has 2 aromatic rings. The van der Waals surface area contributed by atoms with E-state index in [1.165, 1.54) is 42.7 Å². The lowest BCUT2D eigenvalue weighted by Gasteiger charge is -2.04. The van der Waals surface area contributed by atoms with E-state index < -0.39 is 29.2 Å². The minimum atomic E-state index is -1.38. The molecule has 25 heavy (non-hydrogen) atoms. The summed E-state index contributed by atoms with van der Waals surface area (Å²) in [6.07, 6.45) is 1.27. The molecule has 0 aliphatic heterocycles. The number of rotatable bonds is 8. The van der Waals surface area contributed by atoms with Crippen molar-refractivity contribution in [1.82, 2.24) is 0 Å². The van der Waals surface area contributed by atoms with E-state index in [4.69, 9.17) is 14.3 Å². The monoisotopic (exact) mass is 348 g/mol. The van der Waals surface area contributed by atoms with Crippen molar-refractivity contribution >= 4 is 23.3 Å². The largest absolute Gasteiger partial charge is 0.476 e. The maximum Gasteiger partial charge on any atom is 0.361 e. The summed E-state index contributed by atoms with van der Waals surface area (Å²) in [5, 5.41) is 22.9. The second-order valence-electron chi connectivity index (χ2n) is 4.58. The second kappa shape index (κ2) is 8.24. The van der Waals surface area contributed by atoms with Crippen LogP contribution in [-0.2, 0) is 25.8 Å². The second-order valence-corrected chi connectivity index (χ2v) is 4.58. The predicted octanol–water partition coefficient (Wildman–Crippen LogP) is 1.74. The summed E-state index contributed by atoms with van der Waals surface area (Å²) in [6, 6.07) is 8.32. The Bertz CT molecular complexity index is 780. The Morgan fingerprint density at radius 2 is 1.96 bits per heavy atom. The van der Waals surface area contributed by atoms with Crippen LogP contribution in [-0.4, -0.2) is 34.3 Å². The third-order valence-corrected chi connectivity index (χ3v) is 2.84. The Kier molecular flexibility index (Phi) is 5.82. The van der Waals surface area contributed by atoms with Crippen molar-refractivity contribution < 1.29 is 33.6 Å². The van der Waals surface area contributed by atoms with Crippen molar-refractivity contribution in [3.8, 4) is 0 Å². The predicted molar refractivity (Wildman–Crippen MR) is 81.7 cm³/mol. The van der Waals surface area contributed by atoms with Gasteiger partial charge in [-0.3, -0.25) is 10.1 Å². The Morgan fingerprint density at radius 1 is 1.24 bits per heavy atom. The van der Waals surface area contributed by atoms with Crippen LogP contribution in [0.1, 0.15) is 11.3 Å². The van der Waals surface area contributed by atoms with Crippen LogP contribution in [0.5, 0.6) is 0 Å². The fourth-order valence-corrected chi connectivity index (χ4v) is 1.67. The highest BCUT2D eigenvalue weighted by Gasteiger charge is 2.17. The van der Waals surface area contributed by atoms with Gasteiger partial charge < -0.3 is 19.1 Å². The molecular formula is C15H12N2O8. The average Bonchev–Trinajstić information content (AvgIpc) is 3.11. The number of nitro benzene ring substituents is 1. The molecule has 0 amide bonds. The van der Waals surface area contributed by atoms with Crippen molar-refractivity contribution in [3.05, 3.63) is 64.1 Å². The van der Waals surface area contributed by atoms with Crippen LogP contribution in [0.15, 0.2) is 52.2 Å². The summed E-state index contributed by atoms with van der Waals surface area (Å²) < 4.78 is 9.78. The van der Waals surface area contributed by atoms with E-state index in [1.807, 2.05) is 0 Å². The fraction of sp³-hybridized carbons (Fsp3) is 0.133. The number of hydrogen-bond donors (Lipinski definition) is 1. The van der Waals surface area contributed by atoms with Gasteiger partial charge in [-0.2, -0.15) is 0 Å². The van der Waals surface area contributed by atoms with Crippen molar-refractivity contribution in [1.29, 1.82) is 0 Å². The fourth-order valence-electron chi connectivity index (χ4n) is 1.67. The number of non-ortho nitro benzene ring substituents is 1. The first-order chi connectivity index (χ1) is 12.0. The number of furan rings is 1. The summed E-state index contributed by atoms with van der Waals surface area (Å²) >= 11 is 0. The minimum absolute atomic E-state index is 0.0215. The average molecular weight is 348 g/mol. The van der Waals surface area contributed by atoms with Gasteiger partial charge in [0.25, 0.3) is 5.69 Å². The molecular weight excluding hydrogens is 336 g/mol. The normalized spacial score (nSPS) is 11.0. The quantitative estimate of drug-likeness (QED) is 0.329. The Labute approximate surface area is 140 Å². The lowest BCUT2D eigenvalue weighted by Crippen LogP contribution is -2.16. The molecule has 0 bridgehead atoms. The van der Waals surface area contributed by atoms with Crippen LogP contribution in [0.3, 0.4) is 0 Å². The maximum absolute atomic E-state index is 11.5. The summed E-state index contributed by atoms with van der Waals surface area (Å²) in [4.78, 5) is 37.2. The molecule has 0 fully saturated rings. The zero-order valence-corrected chi connectivity index (χ0v) is 12.7.